The van der Waals surface area contributed by atoms with E-state index in [0.717, 1.165) is 6.42 Å². The Labute approximate surface area is 208 Å². The number of fused-ring (bicyclic) bond motifs is 1. The number of amides is 2. The van der Waals surface area contributed by atoms with Crippen LogP contribution in [0.1, 0.15) is 48.0 Å². The Balaban J connectivity index is 1.84. The predicted molar refractivity (Wildman–Crippen MR) is 138 cm³/mol. The first kappa shape index (κ1) is 26.5. The fourth-order valence-electron chi connectivity index (χ4n) is 3.54. The fraction of sp³-hybridized carbons (Fsp3) is 0.462. The standard InChI is InChI=1S/C26H35N3O5S/c1-17(2)13-14-29-22-12-9-20(15-23(22)34-16-26(5,6)25(29)31)28-35(32,33)21-10-7-19(8-11-21)27-24(30)18(3)4/h7-12,15,17-18,28H,13-14,16H2,1-6H3,(H,27,30). The van der Waals surface area contributed by atoms with Gasteiger partial charge in [-0.15, -0.1) is 0 Å². The Hall–Kier alpha value is -3.07. The molecule has 0 radical (unpaired) electrons. The largest absolute Gasteiger partial charge is 0.490 e. The number of carbonyl (C=O) groups is 2. The molecule has 0 bridgehead atoms. The normalized spacial score (nSPS) is 15.4. The molecule has 0 saturated heterocycles. The van der Waals surface area contributed by atoms with Gasteiger partial charge in [0, 0.05) is 24.2 Å². The SMILES string of the molecule is CC(C)CCN1C(=O)C(C)(C)COc2cc(NS(=O)(=O)c3ccc(NC(=O)C(C)C)cc3)ccc21. The predicted octanol–water partition coefficient (Wildman–Crippen LogP) is 4.88. The number of sulfonamides is 1. The number of ether oxygens (including phenoxy) is 1. The van der Waals surface area contributed by atoms with Crippen molar-refractivity contribution in [2.75, 3.05) is 28.1 Å². The summed E-state index contributed by atoms with van der Waals surface area (Å²) in [6, 6.07) is 10.9. The summed E-state index contributed by atoms with van der Waals surface area (Å²) >= 11 is 0. The second kappa shape index (κ2) is 10.3. The third-order valence-electron chi connectivity index (χ3n) is 5.80. The van der Waals surface area contributed by atoms with Gasteiger partial charge in [0.2, 0.25) is 11.8 Å². The van der Waals surface area contributed by atoms with Crippen LogP contribution < -0.4 is 19.7 Å². The van der Waals surface area contributed by atoms with E-state index in [1.807, 2.05) is 13.8 Å². The van der Waals surface area contributed by atoms with Gasteiger partial charge in [0.1, 0.15) is 12.4 Å². The molecule has 0 saturated carbocycles. The molecular weight excluding hydrogens is 466 g/mol. The van der Waals surface area contributed by atoms with E-state index in [1.165, 1.54) is 12.1 Å². The van der Waals surface area contributed by atoms with Crippen LogP contribution in [0.3, 0.4) is 0 Å². The van der Waals surface area contributed by atoms with Gasteiger partial charge in [0.25, 0.3) is 10.0 Å². The molecule has 2 aromatic rings. The Morgan fingerprint density at radius 1 is 1.06 bits per heavy atom. The van der Waals surface area contributed by atoms with Gasteiger partial charge < -0.3 is 15.0 Å². The monoisotopic (exact) mass is 501 g/mol. The van der Waals surface area contributed by atoms with E-state index in [2.05, 4.69) is 23.9 Å². The van der Waals surface area contributed by atoms with Crippen LogP contribution in [0.15, 0.2) is 47.4 Å². The molecule has 0 aliphatic carbocycles. The third-order valence-corrected chi connectivity index (χ3v) is 7.20. The highest BCUT2D eigenvalue weighted by atomic mass is 32.2. The summed E-state index contributed by atoms with van der Waals surface area (Å²) in [6.07, 6.45) is 0.837. The molecule has 35 heavy (non-hydrogen) atoms. The number of anilines is 3. The number of hydrogen-bond donors (Lipinski definition) is 2. The number of carbonyl (C=O) groups excluding carboxylic acids is 2. The van der Waals surface area contributed by atoms with Crippen molar-refractivity contribution in [3.63, 3.8) is 0 Å². The van der Waals surface area contributed by atoms with Gasteiger partial charge in [0.05, 0.1) is 21.7 Å². The molecule has 0 aromatic heterocycles. The van der Waals surface area contributed by atoms with Crippen LogP contribution in [-0.4, -0.2) is 33.4 Å². The second-order valence-corrected chi connectivity index (χ2v) is 12.0. The van der Waals surface area contributed by atoms with Crippen LogP contribution in [0, 0.1) is 17.3 Å². The number of hydrogen-bond acceptors (Lipinski definition) is 5. The van der Waals surface area contributed by atoms with E-state index in [4.69, 9.17) is 4.74 Å². The van der Waals surface area contributed by atoms with Crippen molar-refractivity contribution in [2.24, 2.45) is 17.3 Å². The summed E-state index contributed by atoms with van der Waals surface area (Å²) < 4.78 is 34.5. The summed E-state index contributed by atoms with van der Waals surface area (Å²) in [7, 11) is -3.88. The van der Waals surface area contributed by atoms with E-state index in [1.54, 1.807) is 49.1 Å². The lowest BCUT2D eigenvalue weighted by Crippen LogP contribution is -2.42. The average Bonchev–Trinajstić information content (AvgIpc) is 2.87. The van der Waals surface area contributed by atoms with Crippen molar-refractivity contribution in [3.8, 4) is 5.75 Å². The maximum atomic E-state index is 13.2. The minimum absolute atomic E-state index is 0.0186. The number of benzene rings is 2. The number of nitrogens with zero attached hydrogens (tertiary/aromatic N) is 1. The second-order valence-electron chi connectivity index (χ2n) is 10.3. The van der Waals surface area contributed by atoms with E-state index in [-0.39, 0.29) is 29.2 Å². The van der Waals surface area contributed by atoms with E-state index in [9.17, 15) is 18.0 Å². The molecular formula is C26H35N3O5S. The molecule has 190 valence electrons. The molecule has 0 unspecified atom stereocenters. The lowest BCUT2D eigenvalue weighted by molar-refractivity contribution is -0.127. The van der Waals surface area contributed by atoms with Crippen molar-refractivity contribution >= 4 is 38.9 Å². The molecule has 0 spiro atoms. The molecule has 2 aromatic carbocycles. The molecule has 9 heteroatoms. The first-order chi connectivity index (χ1) is 16.3. The molecule has 1 aliphatic heterocycles. The van der Waals surface area contributed by atoms with Gasteiger partial charge >= 0.3 is 0 Å². The highest BCUT2D eigenvalue weighted by molar-refractivity contribution is 7.92. The first-order valence-electron chi connectivity index (χ1n) is 11.8. The average molecular weight is 502 g/mol. The Morgan fingerprint density at radius 2 is 1.69 bits per heavy atom. The Bertz CT molecular complexity index is 1190. The minimum Gasteiger partial charge on any atom is -0.490 e. The van der Waals surface area contributed by atoms with Crippen LogP contribution in [0.5, 0.6) is 5.75 Å². The maximum Gasteiger partial charge on any atom is 0.261 e. The zero-order valence-corrected chi connectivity index (χ0v) is 22.0. The highest BCUT2D eigenvalue weighted by Crippen LogP contribution is 2.39. The molecule has 1 aliphatic rings. The topological polar surface area (TPSA) is 105 Å². The van der Waals surface area contributed by atoms with Gasteiger partial charge in [-0.05, 0) is 62.6 Å². The van der Waals surface area contributed by atoms with Crippen LogP contribution in [-0.2, 0) is 19.6 Å². The van der Waals surface area contributed by atoms with Crippen molar-refractivity contribution in [2.45, 2.75) is 52.9 Å². The fourth-order valence-corrected chi connectivity index (χ4v) is 4.59. The quantitative estimate of drug-likeness (QED) is 0.536. The lowest BCUT2D eigenvalue weighted by Gasteiger charge is -2.28. The maximum absolute atomic E-state index is 13.2. The van der Waals surface area contributed by atoms with Gasteiger partial charge in [-0.3, -0.25) is 14.3 Å². The molecule has 2 amide bonds. The molecule has 2 N–H and O–H groups in total. The van der Waals surface area contributed by atoms with E-state index in [0.29, 0.717) is 35.3 Å². The van der Waals surface area contributed by atoms with Crippen LogP contribution in [0.4, 0.5) is 17.1 Å². The smallest absolute Gasteiger partial charge is 0.261 e. The van der Waals surface area contributed by atoms with Gasteiger partial charge in [-0.2, -0.15) is 0 Å². The molecule has 0 atom stereocenters. The lowest BCUT2D eigenvalue weighted by atomic mass is 9.92. The van der Waals surface area contributed by atoms with Crippen LogP contribution in [0.25, 0.3) is 0 Å². The molecule has 8 nitrogen and oxygen atoms in total. The van der Waals surface area contributed by atoms with Gasteiger partial charge in [-0.25, -0.2) is 8.42 Å². The summed E-state index contributed by atoms with van der Waals surface area (Å²) in [4.78, 5) is 26.8. The van der Waals surface area contributed by atoms with Gasteiger partial charge in [0.15, 0.2) is 0 Å². The summed E-state index contributed by atoms with van der Waals surface area (Å²) in [5.41, 5.74) is 0.781. The molecule has 3 rings (SSSR count). The molecule has 1 heterocycles. The first-order valence-corrected chi connectivity index (χ1v) is 13.3. The van der Waals surface area contributed by atoms with E-state index >= 15 is 0 Å². The Kier molecular flexibility index (Phi) is 7.79. The minimum atomic E-state index is -3.88. The highest BCUT2D eigenvalue weighted by Gasteiger charge is 2.37. The van der Waals surface area contributed by atoms with Crippen LogP contribution >= 0.6 is 0 Å². The van der Waals surface area contributed by atoms with Crippen molar-refractivity contribution in [1.82, 2.24) is 0 Å². The zero-order valence-electron chi connectivity index (χ0n) is 21.2. The van der Waals surface area contributed by atoms with Gasteiger partial charge in [-0.1, -0.05) is 27.7 Å². The zero-order chi connectivity index (χ0) is 26.0. The van der Waals surface area contributed by atoms with Crippen LogP contribution in [0.2, 0.25) is 0 Å². The van der Waals surface area contributed by atoms with E-state index < -0.39 is 15.4 Å². The number of nitrogens with one attached hydrogen (secondary N) is 2. The summed E-state index contributed by atoms with van der Waals surface area (Å²) in [6.45, 7) is 12.2. The summed E-state index contributed by atoms with van der Waals surface area (Å²) in [5, 5.41) is 2.74. The number of rotatable bonds is 8. The van der Waals surface area contributed by atoms with Crippen molar-refractivity contribution in [3.05, 3.63) is 42.5 Å². The van der Waals surface area contributed by atoms with Crippen molar-refractivity contribution < 1.29 is 22.7 Å². The van der Waals surface area contributed by atoms with Crippen molar-refractivity contribution in [1.29, 1.82) is 0 Å². The Morgan fingerprint density at radius 3 is 2.29 bits per heavy atom. The molecule has 0 fully saturated rings. The third kappa shape index (κ3) is 6.33. The summed E-state index contributed by atoms with van der Waals surface area (Å²) in [5.74, 6) is 0.537.